The van der Waals surface area contributed by atoms with E-state index in [1.807, 2.05) is 6.07 Å². The predicted molar refractivity (Wildman–Crippen MR) is 51.4 cm³/mol. The molecular weight excluding hydrogens is 204 g/mol. The van der Waals surface area contributed by atoms with Crippen LogP contribution in [0.4, 0.5) is 0 Å². The fourth-order valence-corrected chi connectivity index (χ4v) is 1.33. The molecule has 0 saturated carbocycles. The maximum atomic E-state index is 10.9. The molecule has 76 valence electrons. The highest BCUT2D eigenvalue weighted by Crippen LogP contribution is 2.05. The average molecular weight is 214 g/mol. The summed E-state index contributed by atoms with van der Waals surface area (Å²) >= 11 is 0. The predicted octanol–water partition coefficient (Wildman–Crippen LogP) is 1.61. The summed E-state index contributed by atoms with van der Waals surface area (Å²) in [5, 5.41) is 0. The minimum absolute atomic E-state index is 0.0446. The van der Waals surface area contributed by atoms with E-state index in [-0.39, 0.29) is 6.61 Å². The second-order valence-corrected chi connectivity index (χ2v) is 3.66. The number of rotatable bonds is 5. The Bertz CT molecular complexity index is 383. The third-order valence-corrected chi connectivity index (χ3v) is 2.18. The molecule has 0 saturated heterocycles. The van der Waals surface area contributed by atoms with Crippen molar-refractivity contribution in [1.29, 1.82) is 0 Å². The van der Waals surface area contributed by atoms with Crippen molar-refractivity contribution in [3.8, 4) is 0 Å². The van der Waals surface area contributed by atoms with E-state index in [0.29, 0.717) is 0 Å². The molecule has 0 aliphatic carbocycles. The summed E-state index contributed by atoms with van der Waals surface area (Å²) in [6.07, 6.45) is 0.806. The molecule has 4 nitrogen and oxygen atoms in total. The lowest BCUT2D eigenvalue weighted by molar-refractivity contribution is 0.250. The Kier molecular flexibility index (Phi) is 3.67. The van der Waals surface area contributed by atoms with Crippen LogP contribution in [0.15, 0.2) is 43.2 Å². The van der Waals surface area contributed by atoms with Crippen molar-refractivity contribution in [3.63, 3.8) is 0 Å². The molecular formula is C9H10O4S. The van der Waals surface area contributed by atoms with Crippen molar-refractivity contribution >= 4 is 10.4 Å². The Hall–Kier alpha value is -1.33. The summed E-state index contributed by atoms with van der Waals surface area (Å²) in [4.78, 5) is 0. The van der Waals surface area contributed by atoms with E-state index >= 15 is 0 Å². The topological polar surface area (TPSA) is 52.6 Å². The first-order valence-electron chi connectivity index (χ1n) is 3.86. The van der Waals surface area contributed by atoms with E-state index in [2.05, 4.69) is 14.9 Å². The van der Waals surface area contributed by atoms with Crippen molar-refractivity contribution in [2.75, 3.05) is 0 Å². The highest BCUT2D eigenvalue weighted by molar-refractivity contribution is 7.81. The van der Waals surface area contributed by atoms with Gasteiger partial charge >= 0.3 is 10.4 Å². The summed E-state index contributed by atoms with van der Waals surface area (Å²) in [6, 6.07) is 8.92. The van der Waals surface area contributed by atoms with Gasteiger partial charge < -0.3 is 4.18 Å². The third-order valence-electron chi connectivity index (χ3n) is 1.40. The first kappa shape index (κ1) is 10.7. The second-order valence-electron chi connectivity index (χ2n) is 2.42. The summed E-state index contributed by atoms with van der Waals surface area (Å²) < 4.78 is 30.5. The molecule has 0 aliphatic heterocycles. The maximum Gasteiger partial charge on any atom is 0.448 e. The maximum absolute atomic E-state index is 10.9. The molecule has 0 heterocycles. The number of hydrogen-bond donors (Lipinski definition) is 0. The first-order chi connectivity index (χ1) is 6.64. The molecule has 5 heteroatoms. The zero-order valence-electron chi connectivity index (χ0n) is 7.42. The quantitative estimate of drug-likeness (QED) is 0.699. The molecule has 0 amide bonds. The van der Waals surface area contributed by atoms with Gasteiger partial charge in [-0.05, 0) is 5.56 Å². The summed E-state index contributed by atoms with van der Waals surface area (Å²) in [6.45, 7) is 3.07. The van der Waals surface area contributed by atoms with Gasteiger partial charge in [0.15, 0.2) is 0 Å². The monoisotopic (exact) mass is 214 g/mol. The largest absolute Gasteiger partial charge is 0.448 e. The van der Waals surface area contributed by atoms with E-state index in [9.17, 15) is 8.42 Å². The Balaban J connectivity index is 2.53. The zero-order valence-corrected chi connectivity index (χ0v) is 8.24. The van der Waals surface area contributed by atoms with Crippen molar-refractivity contribution in [2.45, 2.75) is 6.61 Å². The molecule has 0 radical (unpaired) electrons. The third kappa shape index (κ3) is 3.59. The minimum Gasteiger partial charge on any atom is -0.370 e. The lowest BCUT2D eigenvalue weighted by atomic mass is 10.2. The van der Waals surface area contributed by atoms with Crippen molar-refractivity contribution in [1.82, 2.24) is 0 Å². The Morgan fingerprint density at radius 1 is 1.29 bits per heavy atom. The van der Waals surface area contributed by atoms with Crippen molar-refractivity contribution < 1.29 is 16.8 Å². The van der Waals surface area contributed by atoms with Crippen LogP contribution in [0.25, 0.3) is 0 Å². The van der Waals surface area contributed by atoms with Gasteiger partial charge in [-0.15, -0.1) is 0 Å². The van der Waals surface area contributed by atoms with Crippen LogP contribution in [-0.2, 0) is 25.4 Å². The summed E-state index contributed by atoms with van der Waals surface area (Å²) in [5.41, 5.74) is 0.753. The van der Waals surface area contributed by atoms with Crippen LogP contribution in [0.5, 0.6) is 0 Å². The molecule has 1 aromatic carbocycles. The molecule has 0 aromatic heterocycles. The van der Waals surface area contributed by atoms with Gasteiger partial charge in [0.25, 0.3) is 0 Å². The highest BCUT2D eigenvalue weighted by atomic mass is 32.3. The fourth-order valence-electron chi connectivity index (χ4n) is 0.826. The molecule has 14 heavy (non-hydrogen) atoms. The van der Waals surface area contributed by atoms with Gasteiger partial charge in [0, 0.05) is 0 Å². The molecule has 0 bridgehead atoms. The molecule has 0 spiro atoms. The van der Waals surface area contributed by atoms with Crippen molar-refractivity contribution in [2.24, 2.45) is 0 Å². The zero-order chi connectivity index (χ0) is 10.4. The van der Waals surface area contributed by atoms with Gasteiger partial charge in [-0.2, -0.15) is 8.42 Å². The standard InChI is InChI=1S/C9H10O4S/c1-2-12-14(10,11)13-8-9-6-4-3-5-7-9/h2-7H,1,8H2. The van der Waals surface area contributed by atoms with E-state index < -0.39 is 10.4 Å². The van der Waals surface area contributed by atoms with E-state index in [1.165, 1.54) is 0 Å². The van der Waals surface area contributed by atoms with Crippen LogP contribution >= 0.6 is 0 Å². The summed E-state index contributed by atoms with van der Waals surface area (Å²) in [7, 11) is -3.95. The minimum atomic E-state index is -3.95. The Morgan fingerprint density at radius 3 is 2.50 bits per heavy atom. The van der Waals surface area contributed by atoms with E-state index in [4.69, 9.17) is 0 Å². The second kappa shape index (κ2) is 4.78. The lowest BCUT2D eigenvalue weighted by Gasteiger charge is -2.02. The number of hydrogen-bond acceptors (Lipinski definition) is 4. The normalized spacial score (nSPS) is 10.9. The molecule has 1 aromatic rings. The van der Waals surface area contributed by atoms with Crippen LogP contribution in [-0.4, -0.2) is 8.42 Å². The molecule has 0 fully saturated rings. The van der Waals surface area contributed by atoms with Gasteiger partial charge in [-0.3, -0.25) is 0 Å². The van der Waals surface area contributed by atoms with Gasteiger partial charge in [0.1, 0.15) is 6.26 Å². The smallest absolute Gasteiger partial charge is 0.370 e. The highest BCUT2D eigenvalue weighted by Gasteiger charge is 2.09. The molecule has 0 aliphatic rings. The Labute approximate surface area is 83.1 Å². The van der Waals surface area contributed by atoms with Gasteiger partial charge in [-0.25, -0.2) is 4.18 Å². The van der Waals surface area contributed by atoms with Gasteiger partial charge in [0.2, 0.25) is 0 Å². The number of benzene rings is 1. The summed E-state index contributed by atoms with van der Waals surface area (Å²) in [5.74, 6) is 0. The van der Waals surface area contributed by atoms with Crippen LogP contribution in [0.2, 0.25) is 0 Å². The Morgan fingerprint density at radius 2 is 1.93 bits per heavy atom. The first-order valence-corrected chi connectivity index (χ1v) is 5.20. The van der Waals surface area contributed by atoms with Gasteiger partial charge in [0.05, 0.1) is 6.61 Å². The molecule has 0 unspecified atom stereocenters. The van der Waals surface area contributed by atoms with Gasteiger partial charge in [-0.1, -0.05) is 36.9 Å². The molecule has 1 rings (SSSR count). The molecule has 0 N–H and O–H groups in total. The van der Waals surface area contributed by atoms with E-state index in [0.717, 1.165) is 11.8 Å². The average Bonchev–Trinajstić information content (AvgIpc) is 2.17. The van der Waals surface area contributed by atoms with E-state index in [1.54, 1.807) is 24.3 Å². The van der Waals surface area contributed by atoms with Crippen LogP contribution in [0.1, 0.15) is 5.56 Å². The van der Waals surface area contributed by atoms with Crippen LogP contribution in [0, 0.1) is 0 Å². The lowest BCUT2D eigenvalue weighted by Crippen LogP contribution is -2.06. The van der Waals surface area contributed by atoms with Crippen LogP contribution < -0.4 is 0 Å². The SMILES string of the molecule is C=COS(=O)(=O)OCc1ccccc1. The van der Waals surface area contributed by atoms with Crippen LogP contribution in [0.3, 0.4) is 0 Å². The van der Waals surface area contributed by atoms with Crippen molar-refractivity contribution in [3.05, 3.63) is 48.7 Å². The fraction of sp³-hybridized carbons (Fsp3) is 0.111. The molecule has 0 atom stereocenters.